The fourth-order valence-corrected chi connectivity index (χ4v) is 6.52. The maximum Gasteiger partial charge on any atom is 0.160 e. The SMILES string of the molecule is C1=Cc2c(oc3c2c(-c2cccc(-c4nc(-c5ccc(-c6ccccc6)cc5)c5ccccc5n4)c2)nc2ccccc23)CC1. The summed E-state index contributed by atoms with van der Waals surface area (Å²) in [6, 6.07) is 44.0. The number of allylic oxidation sites excluding steroid dienone is 1. The van der Waals surface area contributed by atoms with E-state index in [4.69, 9.17) is 19.4 Å². The highest BCUT2D eigenvalue weighted by Crippen LogP contribution is 2.41. The third-order valence-corrected chi connectivity index (χ3v) is 8.73. The molecule has 5 aromatic carbocycles. The number of pyridine rings is 1. The molecule has 1 aliphatic rings. The van der Waals surface area contributed by atoms with Gasteiger partial charge in [0.05, 0.1) is 27.8 Å². The molecule has 0 spiro atoms. The van der Waals surface area contributed by atoms with E-state index in [2.05, 4.69) is 109 Å². The van der Waals surface area contributed by atoms with Crippen molar-refractivity contribution >= 4 is 38.9 Å². The Morgan fingerprint density at radius 3 is 2.02 bits per heavy atom. The van der Waals surface area contributed by atoms with E-state index in [0.29, 0.717) is 5.82 Å². The molecule has 8 aromatic rings. The van der Waals surface area contributed by atoms with Crippen molar-refractivity contribution in [2.75, 3.05) is 0 Å². The van der Waals surface area contributed by atoms with Crippen molar-refractivity contribution in [2.24, 2.45) is 0 Å². The van der Waals surface area contributed by atoms with Gasteiger partial charge in [-0.15, -0.1) is 0 Å². The summed E-state index contributed by atoms with van der Waals surface area (Å²) in [4.78, 5) is 15.4. The summed E-state index contributed by atoms with van der Waals surface area (Å²) in [6.45, 7) is 0. The number of furan rings is 1. The molecule has 0 unspecified atom stereocenters. The first-order chi connectivity index (χ1) is 22.3. The lowest BCUT2D eigenvalue weighted by Crippen LogP contribution is -1.96. The number of hydrogen-bond donors (Lipinski definition) is 0. The third-order valence-electron chi connectivity index (χ3n) is 8.73. The van der Waals surface area contributed by atoms with Gasteiger partial charge in [0.2, 0.25) is 0 Å². The van der Waals surface area contributed by atoms with E-state index in [-0.39, 0.29) is 0 Å². The van der Waals surface area contributed by atoms with Crippen LogP contribution in [0.2, 0.25) is 0 Å². The fraction of sp³-hybridized carbons (Fsp3) is 0.0488. The lowest BCUT2D eigenvalue weighted by molar-refractivity contribution is 0.548. The van der Waals surface area contributed by atoms with Crippen LogP contribution in [-0.4, -0.2) is 15.0 Å². The second-order valence-corrected chi connectivity index (χ2v) is 11.5. The van der Waals surface area contributed by atoms with Crippen LogP contribution in [-0.2, 0) is 6.42 Å². The van der Waals surface area contributed by atoms with Gasteiger partial charge in [-0.1, -0.05) is 115 Å². The van der Waals surface area contributed by atoms with Crippen molar-refractivity contribution in [3.05, 3.63) is 145 Å². The van der Waals surface area contributed by atoms with E-state index in [0.717, 1.165) is 85.0 Å². The maximum absolute atomic E-state index is 6.51. The third kappa shape index (κ3) is 4.34. The summed E-state index contributed by atoms with van der Waals surface area (Å²) in [5.74, 6) is 1.72. The number of benzene rings is 5. The van der Waals surface area contributed by atoms with Gasteiger partial charge in [-0.3, -0.25) is 0 Å². The number of para-hydroxylation sites is 2. The van der Waals surface area contributed by atoms with Crippen LogP contribution in [0.5, 0.6) is 0 Å². The minimum absolute atomic E-state index is 0.684. The molecule has 4 heteroatoms. The number of fused-ring (bicyclic) bond motifs is 6. The van der Waals surface area contributed by atoms with Crippen LogP contribution in [0.1, 0.15) is 17.7 Å². The van der Waals surface area contributed by atoms with Gasteiger partial charge in [0.15, 0.2) is 5.82 Å². The van der Waals surface area contributed by atoms with E-state index >= 15 is 0 Å². The summed E-state index contributed by atoms with van der Waals surface area (Å²) in [7, 11) is 0. The first-order valence-corrected chi connectivity index (χ1v) is 15.3. The Kier molecular flexibility index (Phi) is 5.91. The van der Waals surface area contributed by atoms with Gasteiger partial charge < -0.3 is 4.42 Å². The van der Waals surface area contributed by atoms with E-state index in [1.54, 1.807) is 0 Å². The molecule has 3 aromatic heterocycles. The molecule has 0 radical (unpaired) electrons. The van der Waals surface area contributed by atoms with E-state index in [1.807, 2.05) is 30.3 Å². The molecule has 0 N–H and O–H groups in total. The number of rotatable bonds is 4. The van der Waals surface area contributed by atoms with Gasteiger partial charge in [0.25, 0.3) is 0 Å². The van der Waals surface area contributed by atoms with Crippen LogP contribution in [0.4, 0.5) is 0 Å². The van der Waals surface area contributed by atoms with Crippen molar-refractivity contribution in [3.8, 4) is 45.0 Å². The zero-order valence-electron chi connectivity index (χ0n) is 24.4. The molecule has 0 fully saturated rings. The molecule has 212 valence electrons. The van der Waals surface area contributed by atoms with Gasteiger partial charge in [0.1, 0.15) is 11.3 Å². The van der Waals surface area contributed by atoms with Gasteiger partial charge in [-0.25, -0.2) is 15.0 Å². The molecule has 0 aliphatic heterocycles. The van der Waals surface area contributed by atoms with Crippen LogP contribution in [0.3, 0.4) is 0 Å². The second-order valence-electron chi connectivity index (χ2n) is 11.5. The lowest BCUT2D eigenvalue weighted by atomic mass is 9.97. The molecular weight excluding hydrogens is 550 g/mol. The molecule has 45 heavy (non-hydrogen) atoms. The highest BCUT2D eigenvalue weighted by molar-refractivity contribution is 6.11. The van der Waals surface area contributed by atoms with Crippen molar-refractivity contribution in [3.63, 3.8) is 0 Å². The average molecular weight is 578 g/mol. The van der Waals surface area contributed by atoms with E-state index in [9.17, 15) is 0 Å². The van der Waals surface area contributed by atoms with Gasteiger partial charge >= 0.3 is 0 Å². The Hall–Kier alpha value is -5.87. The van der Waals surface area contributed by atoms with Gasteiger partial charge in [0, 0.05) is 39.4 Å². The van der Waals surface area contributed by atoms with Crippen molar-refractivity contribution in [2.45, 2.75) is 12.8 Å². The second kappa shape index (κ2) is 10.4. The minimum atomic E-state index is 0.684. The van der Waals surface area contributed by atoms with Crippen molar-refractivity contribution in [1.29, 1.82) is 0 Å². The smallest absolute Gasteiger partial charge is 0.160 e. The minimum Gasteiger partial charge on any atom is -0.460 e. The Labute approximate surface area is 260 Å². The highest BCUT2D eigenvalue weighted by atomic mass is 16.3. The quantitative estimate of drug-likeness (QED) is 0.209. The van der Waals surface area contributed by atoms with Crippen LogP contribution < -0.4 is 0 Å². The summed E-state index contributed by atoms with van der Waals surface area (Å²) in [5, 5.41) is 3.13. The summed E-state index contributed by atoms with van der Waals surface area (Å²) < 4.78 is 6.51. The van der Waals surface area contributed by atoms with Crippen LogP contribution >= 0.6 is 0 Å². The molecule has 9 rings (SSSR count). The Morgan fingerprint density at radius 2 is 1.18 bits per heavy atom. The largest absolute Gasteiger partial charge is 0.460 e. The van der Waals surface area contributed by atoms with Gasteiger partial charge in [-0.2, -0.15) is 0 Å². The van der Waals surface area contributed by atoms with Gasteiger partial charge in [-0.05, 0) is 41.8 Å². The topological polar surface area (TPSA) is 51.8 Å². The molecule has 0 bridgehead atoms. The standard InChI is InChI=1S/C41H27N3O/c1-2-11-26(12-3-1)27-21-23-28(24-22-27)38-31-15-4-7-18-34(31)43-41(44-38)30-14-10-13-29(25-30)39-37-33-17-6-9-20-36(33)45-40(37)32-16-5-8-19-35(32)42-39/h1-8,10-19,21-25H,9,20H2. The average Bonchev–Trinajstić information content (AvgIpc) is 3.51. The summed E-state index contributed by atoms with van der Waals surface area (Å²) in [5.41, 5.74) is 11.1. The zero-order valence-corrected chi connectivity index (χ0v) is 24.4. The monoisotopic (exact) mass is 577 g/mol. The molecule has 0 atom stereocenters. The maximum atomic E-state index is 6.51. The molecule has 0 saturated carbocycles. The summed E-state index contributed by atoms with van der Waals surface area (Å²) >= 11 is 0. The first kappa shape index (κ1) is 25.6. The van der Waals surface area contributed by atoms with Crippen molar-refractivity contribution < 1.29 is 4.42 Å². The number of aryl methyl sites for hydroxylation is 1. The predicted octanol–water partition coefficient (Wildman–Crippen LogP) is 10.6. The highest BCUT2D eigenvalue weighted by Gasteiger charge is 2.22. The number of nitrogens with zero attached hydrogens (tertiary/aromatic N) is 3. The first-order valence-electron chi connectivity index (χ1n) is 15.3. The molecule has 4 nitrogen and oxygen atoms in total. The van der Waals surface area contributed by atoms with E-state index < -0.39 is 0 Å². The Balaban J connectivity index is 1.20. The zero-order chi connectivity index (χ0) is 29.7. The Bertz CT molecular complexity index is 2420. The molecular formula is C41H27N3O. The molecule has 3 heterocycles. The number of aromatic nitrogens is 3. The van der Waals surface area contributed by atoms with Crippen molar-refractivity contribution in [1.82, 2.24) is 15.0 Å². The van der Waals surface area contributed by atoms with E-state index in [1.165, 1.54) is 11.1 Å². The predicted molar refractivity (Wildman–Crippen MR) is 184 cm³/mol. The molecule has 1 aliphatic carbocycles. The Morgan fingerprint density at radius 1 is 0.511 bits per heavy atom. The lowest BCUT2D eigenvalue weighted by Gasteiger charge is -2.12. The molecule has 0 amide bonds. The number of hydrogen-bond acceptors (Lipinski definition) is 4. The van der Waals surface area contributed by atoms with Crippen LogP contribution in [0, 0.1) is 0 Å². The van der Waals surface area contributed by atoms with Crippen LogP contribution in [0.25, 0.3) is 83.9 Å². The summed E-state index contributed by atoms with van der Waals surface area (Å²) in [6.07, 6.45) is 6.30. The fourth-order valence-electron chi connectivity index (χ4n) is 6.52. The molecule has 0 saturated heterocycles. The van der Waals surface area contributed by atoms with Crippen LogP contribution in [0.15, 0.2) is 138 Å². The normalized spacial score (nSPS) is 12.6.